The summed E-state index contributed by atoms with van der Waals surface area (Å²) in [6.07, 6.45) is 3.57. The SMILES string of the molecule is Cc1cccc(CN(C(=O)CC2CC2)[C@H]2C[C@@H](C(=O)N3CCNCC3)N(Cc3ccc4c(c3)OCO4)C2)c1. The molecular weight excluding hydrogens is 480 g/mol. The Balaban J connectivity index is 1.25. The number of amides is 2. The van der Waals surface area contributed by atoms with Crippen LogP contribution in [0.25, 0.3) is 0 Å². The number of ether oxygens (including phenoxy) is 2. The van der Waals surface area contributed by atoms with Gasteiger partial charge in [-0.2, -0.15) is 0 Å². The molecule has 1 N–H and O–H groups in total. The topological polar surface area (TPSA) is 74.4 Å². The van der Waals surface area contributed by atoms with Crippen molar-refractivity contribution in [2.45, 2.75) is 57.8 Å². The number of fused-ring (bicyclic) bond motifs is 1. The van der Waals surface area contributed by atoms with Gasteiger partial charge in [-0.15, -0.1) is 0 Å². The van der Waals surface area contributed by atoms with Gasteiger partial charge in [-0.05, 0) is 55.4 Å². The molecule has 2 atom stereocenters. The summed E-state index contributed by atoms with van der Waals surface area (Å²) >= 11 is 0. The molecule has 2 aromatic carbocycles. The molecule has 2 saturated heterocycles. The van der Waals surface area contributed by atoms with Gasteiger partial charge in [0.15, 0.2) is 11.5 Å². The van der Waals surface area contributed by atoms with Gasteiger partial charge >= 0.3 is 0 Å². The zero-order valence-corrected chi connectivity index (χ0v) is 22.2. The van der Waals surface area contributed by atoms with Crippen LogP contribution in [0.15, 0.2) is 42.5 Å². The van der Waals surface area contributed by atoms with E-state index in [9.17, 15) is 9.59 Å². The number of rotatable bonds is 8. The number of benzene rings is 2. The number of likely N-dealkylation sites (tertiary alicyclic amines) is 1. The Labute approximate surface area is 224 Å². The van der Waals surface area contributed by atoms with Gasteiger partial charge in [0.05, 0.1) is 6.04 Å². The Morgan fingerprint density at radius 1 is 1.03 bits per heavy atom. The lowest BCUT2D eigenvalue weighted by Gasteiger charge is -2.32. The molecule has 8 nitrogen and oxygen atoms in total. The van der Waals surface area contributed by atoms with Crippen molar-refractivity contribution in [3.63, 3.8) is 0 Å². The molecule has 0 unspecified atom stereocenters. The standard InChI is InChI=1S/C30H38N4O4/c1-21-3-2-4-23(13-21)18-34(29(35)15-22-5-6-22)25-16-26(30(36)32-11-9-31-10-12-32)33(19-25)17-24-7-8-27-28(14-24)38-20-37-27/h2-4,7-8,13-14,22,25-26,31H,5-6,9-12,15-20H2,1H3/t25-,26-/m0/s1. The Kier molecular flexibility index (Phi) is 7.26. The molecule has 0 bridgehead atoms. The third kappa shape index (κ3) is 5.66. The highest BCUT2D eigenvalue weighted by atomic mass is 16.7. The molecule has 3 fully saturated rings. The number of carbonyl (C=O) groups is 2. The number of nitrogens with zero attached hydrogens (tertiary/aromatic N) is 3. The van der Waals surface area contributed by atoms with E-state index in [1.54, 1.807) is 0 Å². The van der Waals surface area contributed by atoms with Crippen molar-refractivity contribution in [1.29, 1.82) is 0 Å². The molecule has 202 valence electrons. The van der Waals surface area contributed by atoms with Crippen molar-refractivity contribution in [1.82, 2.24) is 20.0 Å². The highest BCUT2D eigenvalue weighted by molar-refractivity contribution is 5.83. The molecule has 1 saturated carbocycles. The second kappa shape index (κ2) is 10.9. The molecular formula is C30H38N4O4. The summed E-state index contributed by atoms with van der Waals surface area (Å²) in [7, 11) is 0. The van der Waals surface area contributed by atoms with Crippen LogP contribution in [-0.2, 0) is 22.7 Å². The minimum atomic E-state index is -0.253. The summed E-state index contributed by atoms with van der Waals surface area (Å²) in [6.45, 7) is 7.33. The number of hydrogen-bond donors (Lipinski definition) is 1. The van der Waals surface area contributed by atoms with Crippen molar-refractivity contribution in [3.8, 4) is 11.5 Å². The van der Waals surface area contributed by atoms with Gasteiger partial charge in [-0.1, -0.05) is 35.9 Å². The molecule has 0 spiro atoms. The van der Waals surface area contributed by atoms with Crippen molar-refractivity contribution in [2.75, 3.05) is 39.5 Å². The average molecular weight is 519 g/mol. The van der Waals surface area contributed by atoms with E-state index in [2.05, 4.69) is 52.4 Å². The van der Waals surface area contributed by atoms with Crippen LogP contribution in [0, 0.1) is 12.8 Å². The van der Waals surface area contributed by atoms with Crippen LogP contribution in [0.5, 0.6) is 11.5 Å². The lowest BCUT2D eigenvalue weighted by molar-refractivity contribution is -0.137. The largest absolute Gasteiger partial charge is 0.454 e. The van der Waals surface area contributed by atoms with E-state index >= 15 is 0 Å². The van der Waals surface area contributed by atoms with Gasteiger partial charge in [0.25, 0.3) is 0 Å². The zero-order chi connectivity index (χ0) is 26.1. The monoisotopic (exact) mass is 518 g/mol. The molecule has 6 rings (SSSR count). The fourth-order valence-electron chi connectivity index (χ4n) is 6.02. The Morgan fingerprint density at radius 2 is 1.84 bits per heavy atom. The first-order valence-electron chi connectivity index (χ1n) is 14.0. The third-order valence-electron chi connectivity index (χ3n) is 8.27. The second-order valence-electron chi connectivity index (χ2n) is 11.3. The molecule has 3 aliphatic heterocycles. The van der Waals surface area contributed by atoms with E-state index < -0.39 is 0 Å². The molecule has 2 aromatic rings. The number of hydrogen-bond acceptors (Lipinski definition) is 6. The predicted molar refractivity (Wildman–Crippen MR) is 144 cm³/mol. The fourth-order valence-corrected chi connectivity index (χ4v) is 6.02. The van der Waals surface area contributed by atoms with E-state index in [4.69, 9.17) is 9.47 Å². The summed E-state index contributed by atoms with van der Waals surface area (Å²) in [5.41, 5.74) is 3.43. The van der Waals surface area contributed by atoms with Crippen LogP contribution in [0.4, 0.5) is 0 Å². The molecule has 8 heteroatoms. The quantitative estimate of drug-likeness (QED) is 0.579. The number of piperazine rings is 1. The summed E-state index contributed by atoms with van der Waals surface area (Å²) in [5.74, 6) is 2.43. The van der Waals surface area contributed by atoms with Crippen LogP contribution in [0.1, 0.15) is 42.4 Å². The van der Waals surface area contributed by atoms with Gasteiger partial charge < -0.3 is 24.6 Å². The average Bonchev–Trinajstić information content (AvgIpc) is 3.45. The number of aryl methyl sites for hydroxylation is 1. The minimum Gasteiger partial charge on any atom is -0.454 e. The summed E-state index contributed by atoms with van der Waals surface area (Å²) in [6, 6.07) is 14.2. The normalized spacial score (nSPS) is 23.0. The van der Waals surface area contributed by atoms with Crippen LogP contribution < -0.4 is 14.8 Å². The van der Waals surface area contributed by atoms with E-state index in [-0.39, 0.29) is 30.7 Å². The second-order valence-corrected chi connectivity index (χ2v) is 11.3. The Hall–Kier alpha value is -3.10. The van der Waals surface area contributed by atoms with Crippen LogP contribution >= 0.6 is 0 Å². The number of carbonyl (C=O) groups excluding carboxylic acids is 2. The summed E-state index contributed by atoms with van der Waals surface area (Å²) < 4.78 is 11.1. The molecule has 4 aliphatic rings. The van der Waals surface area contributed by atoms with E-state index in [1.165, 1.54) is 5.56 Å². The third-order valence-corrected chi connectivity index (χ3v) is 8.27. The lowest BCUT2D eigenvalue weighted by atomic mass is 10.1. The zero-order valence-electron chi connectivity index (χ0n) is 22.2. The molecule has 0 radical (unpaired) electrons. The van der Waals surface area contributed by atoms with Crippen molar-refractivity contribution < 1.29 is 19.1 Å². The minimum absolute atomic E-state index is 0.00682. The summed E-state index contributed by atoms with van der Waals surface area (Å²) in [5, 5.41) is 3.35. The highest BCUT2D eigenvalue weighted by Crippen LogP contribution is 2.36. The van der Waals surface area contributed by atoms with Gasteiger partial charge in [-0.3, -0.25) is 14.5 Å². The lowest BCUT2D eigenvalue weighted by Crippen LogP contribution is -2.52. The highest BCUT2D eigenvalue weighted by Gasteiger charge is 2.43. The van der Waals surface area contributed by atoms with Gasteiger partial charge in [0.1, 0.15) is 0 Å². The predicted octanol–water partition coefficient (Wildman–Crippen LogP) is 2.93. The maximum absolute atomic E-state index is 13.8. The maximum atomic E-state index is 13.8. The van der Waals surface area contributed by atoms with Crippen molar-refractivity contribution in [3.05, 3.63) is 59.2 Å². The molecule has 0 aromatic heterocycles. The van der Waals surface area contributed by atoms with Crippen molar-refractivity contribution in [2.24, 2.45) is 5.92 Å². The van der Waals surface area contributed by atoms with Gasteiger partial charge in [0.2, 0.25) is 18.6 Å². The molecule has 2 amide bonds. The smallest absolute Gasteiger partial charge is 0.240 e. The first kappa shape index (κ1) is 25.2. The van der Waals surface area contributed by atoms with Gasteiger partial charge in [-0.25, -0.2) is 0 Å². The van der Waals surface area contributed by atoms with E-state index in [1.807, 2.05) is 17.0 Å². The Morgan fingerprint density at radius 3 is 2.63 bits per heavy atom. The fraction of sp³-hybridized carbons (Fsp3) is 0.533. The first-order chi connectivity index (χ1) is 18.5. The van der Waals surface area contributed by atoms with E-state index in [0.717, 1.165) is 61.6 Å². The Bertz CT molecular complexity index is 1180. The number of nitrogens with one attached hydrogen (secondary N) is 1. The maximum Gasteiger partial charge on any atom is 0.240 e. The summed E-state index contributed by atoms with van der Waals surface area (Å²) in [4.78, 5) is 33.8. The van der Waals surface area contributed by atoms with Crippen molar-refractivity contribution >= 4 is 11.8 Å². The molecule has 3 heterocycles. The first-order valence-corrected chi connectivity index (χ1v) is 14.0. The van der Waals surface area contributed by atoms with Crippen LogP contribution in [0.3, 0.4) is 0 Å². The van der Waals surface area contributed by atoms with Crippen LogP contribution in [0.2, 0.25) is 0 Å². The molecule has 38 heavy (non-hydrogen) atoms. The van der Waals surface area contributed by atoms with Crippen LogP contribution in [-0.4, -0.2) is 78.1 Å². The molecule has 1 aliphatic carbocycles. The van der Waals surface area contributed by atoms with Gasteiger partial charge in [0, 0.05) is 58.3 Å². The van der Waals surface area contributed by atoms with E-state index in [0.29, 0.717) is 38.4 Å².